The molecule has 14 heavy (non-hydrogen) atoms. The summed E-state index contributed by atoms with van der Waals surface area (Å²) >= 11 is 0. The van der Waals surface area contributed by atoms with E-state index in [1.165, 1.54) is 0 Å². The summed E-state index contributed by atoms with van der Waals surface area (Å²) in [6.45, 7) is 6.03. The van der Waals surface area contributed by atoms with Crippen molar-refractivity contribution < 1.29 is 15.0 Å². The Kier molecular flexibility index (Phi) is 5.77. The first kappa shape index (κ1) is 13.4. The van der Waals surface area contributed by atoms with Crippen molar-refractivity contribution in [3.05, 3.63) is 0 Å². The molecule has 0 spiro atoms. The van der Waals surface area contributed by atoms with Crippen molar-refractivity contribution in [1.29, 1.82) is 0 Å². The first-order chi connectivity index (χ1) is 6.34. The zero-order chi connectivity index (χ0) is 11.2. The van der Waals surface area contributed by atoms with Gasteiger partial charge in [0.2, 0.25) is 0 Å². The first-order valence-corrected chi connectivity index (χ1v) is 5.24. The number of aliphatic hydroxyl groups excluding tert-OH is 1. The molecule has 0 heterocycles. The Balaban J connectivity index is 3.41. The fourth-order valence-electron chi connectivity index (χ4n) is 1.22. The summed E-state index contributed by atoms with van der Waals surface area (Å²) in [5, 5.41) is 18.1. The standard InChI is InChI=1S/C11H22O3/c1-11(2,3)9(12)7-5-4-6-8-10(13)14/h9,12H,4-8H2,1-3H3,(H,13,14). The molecule has 0 aromatic heterocycles. The minimum Gasteiger partial charge on any atom is -0.481 e. The topological polar surface area (TPSA) is 57.5 Å². The van der Waals surface area contributed by atoms with E-state index >= 15 is 0 Å². The Hall–Kier alpha value is -0.570. The van der Waals surface area contributed by atoms with Gasteiger partial charge in [0, 0.05) is 6.42 Å². The molecule has 0 radical (unpaired) electrons. The molecule has 0 bridgehead atoms. The third-order valence-corrected chi connectivity index (χ3v) is 2.37. The number of hydrogen-bond donors (Lipinski definition) is 2. The van der Waals surface area contributed by atoms with Gasteiger partial charge < -0.3 is 10.2 Å². The van der Waals surface area contributed by atoms with Crippen LogP contribution >= 0.6 is 0 Å². The zero-order valence-corrected chi connectivity index (χ0v) is 9.42. The van der Waals surface area contributed by atoms with E-state index < -0.39 is 5.97 Å². The maximum atomic E-state index is 10.2. The number of carboxylic acids is 1. The zero-order valence-electron chi connectivity index (χ0n) is 9.42. The summed E-state index contributed by atoms with van der Waals surface area (Å²) in [6, 6.07) is 0. The normalized spacial score (nSPS) is 14.0. The van der Waals surface area contributed by atoms with E-state index in [0.717, 1.165) is 19.3 Å². The van der Waals surface area contributed by atoms with Crippen LogP contribution in [0.2, 0.25) is 0 Å². The molecule has 0 aliphatic carbocycles. The number of hydrogen-bond acceptors (Lipinski definition) is 2. The fourth-order valence-corrected chi connectivity index (χ4v) is 1.22. The summed E-state index contributed by atoms with van der Waals surface area (Å²) < 4.78 is 0. The lowest BCUT2D eigenvalue weighted by atomic mass is 9.86. The average molecular weight is 202 g/mol. The molecule has 0 saturated heterocycles. The molecule has 0 rings (SSSR count). The van der Waals surface area contributed by atoms with E-state index in [0.29, 0.717) is 6.42 Å². The average Bonchev–Trinajstić information content (AvgIpc) is 2.01. The number of carboxylic acid groups (broad SMARTS) is 1. The summed E-state index contributed by atoms with van der Waals surface area (Å²) in [5.74, 6) is -0.735. The predicted octanol–water partition coefficient (Wildman–Crippen LogP) is 2.43. The van der Waals surface area contributed by atoms with Crippen molar-refractivity contribution in [2.45, 2.75) is 59.0 Å². The largest absolute Gasteiger partial charge is 0.481 e. The van der Waals surface area contributed by atoms with Crippen LogP contribution in [0.25, 0.3) is 0 Å². The van der Waals surface area contributed by atoms with Crippen LogP contribution in [0.1, 0.15) is 52.9 Å². The second-order valence-electron chi connectivity index (χ2n) is 4.87. The molecule has 0 fully saturated rings. The van der Waals surface area contributed by atoms with E-state index in [2.05, 4.69) is 0 Å². The molecule has 0 saturated carbocycles. The molecular weight excluding hydrogens is 180 g/mol. The third-order valence-electron chi connectivity index (χ3n) is 2.37. The predicted molar refractivity (Wildman–Crippen MR) is 56.2 cm³/mol. The minimum atomic E-state index is -0.735. The summed E-state index contributed by atoms with van der Waals surface area (Å²) in [6.07, 6.45) is 3.24. The lowest BCUT2D eigenvalue weighted by Gasteiger charge is -2.25. The van der Waals surface area contributed by atoms with Crippen LogP contribution in [0.5, 0.6) is 0 Å². The Morgan fingerprint density at radius 2 is 1.79 bits per heavy atom. The van der Waals surface area contributed by atoms with Crippen LogP contribution in [0.3, 0.4) is 0 Å². The van der Waals surface area contributed by atoms with Crippen LogP contribution in [0, 0.1) is 5.41 Å². The Morgan fingerprint density at radius 1 is 1.21 bits per heavy atom. The molecule has 0 aromatic carbocycles. The lowest BCUT2D eigenvalue weighted by Crippen LogP contribution is -2.25. The van der Waals surface area contributed by atoms with Crippen molar-refractivity contribution in [3.8, 4) is 0 Å². The van der Waals surface area contributed by atoms with Gasteiger partial charge in [-0.3, -0.25) is 4.79 Å². The van der Waals surface area contributed by atoms with Gasteiger partial charge in [0.25, 0.3) is 0 Å². The van der Waals surface area contributed by atoms with Gasteiger partial charge in [-0.25, -0.2) is 0 Å². The Labute approximate surface area is 86.1 Å². The smallest absolute Gasteiger partial charge is 0.303 e. The van der Waals surface area contributed by atoms with Gasteiger partial charge in [-0.1, -0.05) is 33.6 Å². The molecule has 3 nitrogen and oxygen atoms in total. The summed E-state index contributed by atoms with van der Waals surface area (Å²) in [4.78, 5) is 10.2. The number of rotatable bonds is 6. The van der Waals surface area contributed by atoms with Gasteiger partial charge in [0.15, 0.2) is 0 Å². The Morgan fingerprint density at radius 3 is 2.21 bits per heavy atom. The molecule has 0 amide bonds. The first-order valence-electron chi connectivity index (χ1n) is 5.24. The van der Waals surface area contributed by atoms with E-state index in [1.54, 1.807) is 0 Å². The molecule has 0 aromatic rings. The van der Waals surface area contributed by atoms with Crippen molar-refractivity contribution >= 4 is 5.97 Å². The number of aliphatic hydroxyl groups is 1. The molecule has 3 heteroatoms. The SMILES string of the molecule is CC(C)(C)C(O)CCCCCC(=O)O. The molecule has 0 aliphatic heterocycles. The quantitative estimate of drug-likeness (QED) is 0.650. The van der Waals surface area contributed by atoms with Gasteiger partial charge in [0.05, 0.1) is 6.10 Å². The van der Waals surface area contributed by atoms with Gasteiger partial charge in [-0.05, 0) is 18.3 Å². The van der Waals surface area contributed by atoms with Gasteiger partial charge >= 0.3 is 5.97 Å². The Bertz CT molecular complexity index is 170. The summed E-state index contributed by atoms with van der Waals surface area (Å²) in [7, 11) is 0. The maximum Gasteiger partial charge on any atom is 0.303 e. The number of carbonyl (C=O) groups is 1. The fraction of sp³-hybridized carbons (Fsp3) is 0.909. The molecule has 1 atom stereocenters. The van der Waals surface area contributed by atoms with Gasteiger partial charge in [-0.2, -0.15) is 0 Å². The number of unbranched alkanes of at least 4 members (excludes halogenated alkanes) is 2. The summed E-state index contributed by atoms with van der Waals surface area (Å²) in [5.41, 5.74) is -0.0627. The van der Waals surface area contributed by atoms with Crippen LogP contribution in [0.4, 0.5) is 0 Å². The van der Waals surface area contributed by atoms with E-state index in [1.807, 2.05) is 20.8 Å². The van der Waals surface area contributed by atoms with Crippen LogP contribution in [-0.4, -0.2) is 22.3 Å². The highest BCUT2D eigenvalue weighted by molar-refractivity contribution is 5.66. The van der Waals surface area contributed by atoms with Crippen LogP contribution in [0.15, 0.2) is 0 Å². The van der Waals surface area contributed by atoms with Gasteiger partial charge in [0.1, 0.15) is 0 Å². The second kappa shape index (κ2) is 6.02. The monoisotopic (exact) mass is 202 g/mol. The number of aliphatic carboxylic acids is 1. The highest BCUT2D eigenvalue weighted by Crippen LogP contribution is 2.23. The van der Waals surface area contributed by atoms with Gasteiger partial charge in [-0.15, -0.1) is 0 Å². The van der Waals surface area contributed by atoms with Crippen molar-refractivity contribution in [3.63, 3.8) is 0 Å². The minimum absolute atomic E-state index is 0.0627. The molecule has 1 unspecified atom stereocenters. The molecule has 84 valence electrons. The van der Waals surface area contributed by atoms with E-state index in [-0.39, 0.29) is 17.9 Å². The highest BCUT2D eigenvalue weighted by atomic mass is 16.4. The molecular formula is C11H22O3. The van der Waals surface area contributed by atoms with Crippen molar-refractivity contribution in [2.75, 3.05) is 0 Å². The second-order valence-corrected chi connectivity index (χ2v) is 4.87. The highest BCUT2D eigenvalue weighted by Gasteiger charge is 2.20. The van der Waals surface area contributed by atoms with E-state index in [4.69, 9.17) is 5.11 Å². The van der Waals surface area contributed by atoms with Crippen LogP contribution < -0.4 is 0 Å². The molecule has 2 N–H and O–H groups in total. The maximum absolute atomic E-state index is 10.2. The third kappa shape index (κ3) is 6.89. The molecule has 0 aliphatic rings. The van der Waals surface area contributed by atoms with Crippen molar-refractivity contribution in [1.82, 2.24) is 0 Å². The van der Waals surface area contributed by atoms with E-state index in [9.17, 15) is 9.90 Å². The van der Waals surface area contributed by atoms with Crippen LogP contribution in [-0.2, 0) is 4.79 Å². The lowest BCUT2D eigenvalue weighted by molar-refractivity contribution is -0.137. The van der Waals surface area contributed by atoms with Crippen molar-refractivity contribution in [2.24, 2.45) is 5.41 Å².